The summed E-state index contributed by atoms with van der Waals surface area (Å²) in [5.41, 5.74) is 1.63. The number of rotatable bonds is 3. The van der Waals surface area contributed by atoms with Gasteiger partial charge in [-0.05, 0) is 18.7 Å². The van der Waals surface area contributed by atoms with Crippen molar-refractivity contribution in [2.24, 2.45) is 0 Å². The van der Waals surface area contributed by atoms with Crippen molar-refractivity contribution in [3.63, 3.8) is 0 Å². The third-order valence-electron chi connectivity index (χ3n) is 4.45. The SMILES string of the molecule is CCN1CCN(c2ccc(C(=O)N3CCOCC3)nc2)CC1. The van der Waals surface area contributed by atoms with Crippen LogP contribution in [0.15, 0.2) is 18.3 Å². The Morgan fingerprint density at radius 2 is 1.86 bits per heavy atom. The molecule has 0 unspecified atom stereocenters. The van der Waals surface area contributed by atoms with Gasteiger partial charge in [-0.2, -0.15) is 0 Å². The number of likely N-dealkylation sites (N-methyl/N-ethyl adjacent to an activating group) is 1. The molecule has 2 aliphatic heterocycles. The lowest BCUT2D eigenvalue weighted by molar-refractivity contribution is 0.0299. The second kappa shape index (κ2) is 7.07. The van der Waals surface area contributed by atoms with Gasteiger partial charge in [0.15, 0.2) is 0 Å². The van der Waals surface area contributed by atoms with E-state index in [0.717, 1.165) is 38.4 Å². The average Bonchev–Trinajstić information content (AvgIpc) is 2.62. The molecule has 3 heterocycles. The molecule has 120 valence electrons. The normalized spacial score (nSPS) is 20.2. The van der Waals surface area contributed by atoms with Crippen LogP contribution >= 0.6 is 0 Å². The van der Waals surface area contributed by atoms with Crippen LogP contribution < -0.4 is 4.90 Å². The minimum Gasteiger partial charge on any atom is -0.378 e. The largest absolute Gasteiger partial charge is 0.378 e. The van der Waals surface area contributed by atoms with Crippen LogP contribution in [0.3, 0.4) is 0 Å². The average molecular weight is 304 g/mol. The lowest BCUT2D eigenvalue weighted by atomic mass is 10.2. The van der Waals surface area contributed by atoms with Gasteiger partial charge in [0.1, 0.15) is 5.69 Å². The number of nitrogens with zero attached hydrogens (tertiary/aromatic N) is 4. The molecule has 6 nitrogen and oxygen atoms in total. The van der Waals surface area contributed by atoms with E-state index < -0.39 is 0 Å². The third-order valence-corrected chi connectivity index (χ3v) is 4.45. The Hall–Kier alpha value is -1.66. The van der Waals surface area contributed by atoms with Crippen LogP contribution in [-0.2, 0) is 4.74 Å². The van der Waals surface area contributed by atoms with E-state index in [0.29, 0.717) is 32.0 Å². The Kier molecular flexibility index (Phi) is 4.90. The number of morpholine rings is 1. The summed E-state index contributed by atoms with van der Waals surface area (Å²) in [6.45, 7) is 10.1. The molecule has 0 atom stereocenters. The maximum absolute atomic E-state index is 12.4. The number of aromatic nitrogens is 1. The van der Waals surface area contributed by atoms with Gasteiger partial charge in [-0.1, -0.05) is 6.92 Å². The third kappa shape index (κ3) is 3.39. The first-order valence-corrected chi connectivity index (χ1v) is 8.08. The summed E-state index contributed by atoms with van der Waals surface area (Å²) in [5, 5.41) is 0. The summed E-state index contributed by atoms with van der Waals surface area (Å²) in [7, 11) is 0. The molecule has 0 aromatic carbocycles. The van der Waals surface area contributed by atoms with Crippen molar-refractivity contribution in [1.82, 2.24) is 14.8 Å². The van der Waals surface area contributed by atoms with Gasteiger partial charge in [-0.25, -0.2) is 4.98 Å². The van der Waals surface area contributed by atoms with Gasteiger partial charge in [-0.3, -0.25) is 4.79 Å². The highest BCUT2D eigenvalue weighted by molar-refractivity contribution is 5.92. The topological polar surface area (TPSA) is 48.9 Å². The van der Waals surface area contributed by atoms with Crippen LogP contribution in [0.1, 0.15) is 17.4 Å². The maximum Gasteiger partial charge on any atom is 0.272 e. The van der Waals surface area contributed by atoms with Crippen molar-refractivity contribution in [3.8, 4) is 0 Å². The fraction of sp³-hybridized carbons (Fsp3) is 0.625. The minimum absolute atomic E-state index is 0.00523. The molecule has 6 heteroatoms. The summed E-state index contributed by atoms with van der Waals surface area (Å²) in [6, 6.07) is 3.86. The molecular formula is C16H24N4O2. The highest BCUT2D eigenvalue weighted by Crippen LogP contribution is 2.16. The van der Waals surface area contributed by atoms with E-state index in [1.54, 1.807) is 0 Å². The summed E-state index contributed by atoms with van der Waals surface area (Å²) >= 11 is 0. The van der Waals surface area contributed by atoms with Gasteiger partial charge in [0.05, 0.1) is 25.1 Å². The standard InChI is InChI=1S/C16H24N4O2/c1-2-18-5-7-19(8-6-18)14-3-4-15(17-13-14)16(21)20-9-11-22-12-10-20/h3-4,13H,2,5-12H2,1H3. The number of piperazine rings is 1. The molecular weight excluding hydrogens is 280 g/mol. The van der Waals surface area contributed by atoms with Gasteiger partial charge >= 0.3 is 0 Å². The number of anilines is 1. The van der Waals surface area contributed by atoms with Crippen LogP contribution in [0.2, 0.25) is 0 Å². The fourth-order valence-electron chi connectivity index (χ4n) is 2.95. The van der Waals surface area contributed by atoms with Crippen LogP contribution in [0.25, 0.3) is 0 Å². The van der Waals surface area contributed by atoms with Crippen molar-refractivity contribution in [3.05, 3.63) is 24.0 Å². The Labute approximate surface area is 131 Å². The van der Waals surface area contributed by atoms with Gasteiger partial charge in [0, 0.05) is 39.3 Å². The van der Waals surface area contributed by atoms with E-state index in [-0.39, 0.29) is 5.91 Å². The van der Waals surface area contributed by atoms with Gasteiger partial charge in [0.2, 0.25) is 0 Å². The number of amides is 1. The highest BCUT2D eigenvalue weighted by atomic mass is 16.5. The predicted octanol–water partition coefficient (Wildman–Crippen LogP) is 0.696. The Morgan fingerprint density at radius 1 is 1.14 bits per heavy atom. The number of hydrogen-bond donors (Lipinski definition) is 0. The van der Waals surface area contributed by atoms with Crippen molar-refractivity contribution >= 4 is 11.6 Å². The van der Waals surface area contributed by atoms with E-state index >= 15 is 0 Å². The number of hydrogen-bond acceptors (Lipinski definition) is 5. The van der Waals surface area contributed by atoms with Crippen LogP contribution in [-0.4, -0.2) is 79.7 Å². The molecule has 0 N–H and O–H groups in total. The van der Waals surface area contributed by atoms with Crippen molar-refractivity contribution in [1.29, 1.82) is 0 Å². The molecule has 0 bridgehead atoms. The van der Waals surface area contributed by atoms with Gasteiger partial charge in [0.25, 0.3) is 5.91 Å². The molecule has 1 aromatic rings. The summed E-state index contributed by atoms with van der Waals surface area (Å²) in [5.74, 6) is 0.00523. The smallest absolute Gasteiger partial charge is 0.272 e. The van der Waals surface area contributed by atoms with Gasteiger partial charge in [-0.15, -0.1) is 0 Å². The molecule has 0 aliphatic carbocycles. The zero-order valence-corrected chi connectivity index (χ0v) is 13.2. The first-order chi connectivity index (χ1) is 10.8. The molecule has 3 rings (SSSR count). The fourth-order valence-corrected chi connectivity index (χ4v) is 2.95. The molecule has 0 saturated carbocycles. The summed E-state index contributed by atoms with van der Waals surface area (Å²) < 4.78 is 5.28. The molecule has 1 amide bonds. The molecule has 2 fully saturated rings. The molecule has 0 radical (unpaired) electrons. The maximum atomic E-state index is 12.4. The second-order valence-electron chi connectivity index (χ2n) is 5.73. The zero-order chi connectivity index (χ0) is 15.4. The second-order valence-corrected chi connectivity index (χ2v) is 5.73. The van der Waals surface area contributed by atoms with E-state index in [9.17, 15) is 4.79 Å². The Morgan fingerprint density at radius 3 is 2.45 bits per heavy atom. The van der Waals surface area contributed by atoms with Crippen LogP contribution in [0.5, 0.6) is 0 Å². The lowest BCUT2D eigenvalue weighted by Crippen LogP contribution is -2.46. The van der Waals surface area contributed by atoms with E-state index in [1.807, 2.05) is 23.2 Å². The molecule has 2 aliphatic rings. The first-order valence-electron chi connectivity index (χ1n) is 8.08. The van der Waals surface area contributed by atoms with Crippen molar-refractivity contribution < 1.29 is 9.53 Å². The van der Waals surface area contributed by atoms with Crippen LogP contribution in [0.4, 0.5) is 5.69 Å². The van der Waals surface area contributed by atoms with Crippen molar-refractivity contribution in [2.45, 2.75) is 6.92 Å². The van der Waals surface area contributed by atoms with Gasteiger partial charge < -0.3 is 19.4 Å². The van der Waals surface area contributed by atoms with Crippen molar-refractivity contribution in [2.75, 3.05) is 63.9 Å². The molecule has 2 saturated heterocycles. The Bertz CT molecular complexity index is 491. The Balaban J connectivity index is 1.61. The zero-order valence-electron chi connectivity index (χ0n) is 13.2. The van der Waals surface area contributed by atoms with Crippen LogP contribution in [0, 0.1) is 0 Å². The highest BCUT2D eigenvalue weighted by Gasteiger charge is 2.20. The van der Waals surface area contributed by atoms with E-state index in [1.165, 1.54) is 0 Å². The molecule has 22 heavy (non-hydrogen) atoms. The first kappa shape index (κ1) is 15.2. The summed E-state index contributed by atoms with van der Waals surface area (Å²) in [4.78, 5) is 23.3. The number of pyridine rings is 1. The predicted molar refractivity (Wildman–Crippen MR) is 85.3 cm³/mol. The van der Waals surface area contributed by atoms with E-state index in [2.05, 4.69) is 21.7 Å². The number of carbonyl (C=O) groups is 1. The minimum atomic E-state index is 0.00523. The summed E-state index contributed by atoms with van der Waals surface area (Å²) in [6.07, 6.45) is 1.83. The number of ether oxygens (including phenoxy) is 1. The monoisotopic (exact) mass is 304 g/mol. The number of carbonyl (C=O) groups excluding carboxylic acids is 1. The quantitative estimate of drug-likeness (QED) is 0.822. The van der Waals surface area contributed by atoms with E-state index in [4.69, 9.17) is 4.74 Å². The lowest BCUT2D eigenvalue weighted by Gasteiger charge is -2.35. The molecule has 1 aromatic heterocycles. The molecule has 0 spiro atoms.